The Morgan fingerprint density at radius 3 is 2.09 bits per heavy atom. The van der Waals surface area contributed by atoms with Gasteiger partial charge in [-0.3, -0.25) is 4.79 Å². The monoisotopic (exact) mass is 314 g/mol. The van der Waals surface area contributed by atoms with E-state index in [2.05, 4.69) is 9.47 Å². The molecule has 0 saturated carbocycles. The van der Waals surface area contributed by atoms with Gasteiger partial charge in [-0.2, -0.15) is 0 Å². The van der Waals surface area contributed by atoms with E-state index in [0.29, 0.717) is 0 Å². The topological polar surface area (TPSA) is 96.0 Å². The van der Waals surface area contributed by atoms with Crippen LogP contribution in [0.5, 0.6) is 0 Å². The SMILES string of the molecule is CCOC(=O)/C=C/C(=O)OC(C)C(=O)OC(=O)CC(C)(C)C. The van der Waals surface area contributed by atoms with Crippen molar-refractivity contribution in [1.29, 1.82) is 0 Å². The van der Waals surface area contributed by atoms with Gasteiger partial charge in [-0.1, -0.05) is 20.8 Å². The average Bonchev–Trinajstić information content (AvgIpc) is 2.34. The highest BCUT2D eigenvalue weighted by Crippen LogP contribution is 2.19. The van der Waals surface area contributed by atoms with Crippen LogP contribution >= 0.6 is 0 Å². The van der Waals surface area contributed by atoms with Gasteiger partial charge in [0, 0.05) is 12.2 Å². The second-order valence-electron chi connectivity index (χ2n) is 5.70. The van der Waals surface area contributed by atoms with Gasteiger partial charge in [0.1, 0.15) is 0 Å². The van der Waals surface area contributed by atoms with Crippen molar-refractivity contribution >= 4 is 23.9 Å². The van der Waals surface area contributed by atoms with Gasteiger partial charge in [0.05, 0.1) is 13.0 Å². The Labute approximate surface area is 129 Å². The second-order valence-corrected chi connectivity index (χ2v) is 5.70. The number of esters is 4. The maximum absolute atomic E-state index is 11.6. The number of carbonyl (C=O) groups is 4. The summed E-state index contributed by atoms with van der Waals surface area (Å²) in [7, 11) is 0. The lowest BCUT2D eigenvalue weighted by Gasteiger charge is -2.17. The number of carbonyl (C=O) groups excluding carboxylic acids is 4. The minimum atomic E-state index is -1.26. The van der Waals surface area contributed by atoms with Gasteiger partial charge < -0.3 is 14.2 Å². The van der Waals surface area contributed by atoms with Crippen molar-refractivity contribution in [3.8, 4) is 0 Å². The quantitative estimate of drug-likeness (QED) is 0.317. The third-order valence-corrected chi connectivity index (χ3v) is 2.16. The second kappa shape index (κ2) is 8.96. The van der Waals surface area contributed by atoms with Crippen molar-refractivity contribution in [2.75, 3.05) is 6.61 Å². The fourth-order valence-corrected chi connectivity index (χ4v) is 1.25. The fraction of sp³-hybridized carbons (Fsp3) is 0.600. The van der Waals surface area contributed by atoms with Crippen LogP contribution in [0.15, 0.2) is 12.2 Å². The molecule has 0 N–H and O–H groups in total. The normalized spacial score (nSPS) is 12.6. The molecule has 0 heterocycles. The summed E-state index contributed by atoms with van der Waals surface area (Å²) in [6, 6.07) is 0. The molecule has 7 nitrogen and oxygen atoms in total. The van der Waals surface area contributed by atoms with Crippen LogP contribution in [0.2, 0.25) is 0 Å². The Hall–Kier alpha value is -2.18. The van der Waals surface area contributed by atoms with E-state index in [1.807, 2.05) is 20.8 Å². The lowest BCUT2D eigenvalue weighted by molar-refractivity contribution is -0.172. The highest BCUT2D eigenvalue weighted by atomic mass is 16.6. The maximum Gasteiger partial charge on any atom is 0.354 e. The molecule has 0 aromatic carbocycles. The maximum atomic E-state index is 11.6. The lowest BCUT2D eigenvalue weighted by Crippen LogP contribution is -2.29. The molecule has 0 spiro atoms. The summed E-state index contributed by atoms with van der Waals surface area (Å²) in [5.74, 6) is -3.27. The molecular weight excluding hydrogens is 292 g/mol. The Balaban J connectivity index is 4.33. The van der Waals surface area contributed by atoms with E-state index < -0.39 is 30.0 Å². The molecule has 7 heteroatoms. The van der Waals surface area contributed by atoms with Crippen molar-refractivity contribution in [2.45, 2.75) is 47.1 Å². The van der Waals surface area contributed by atoms with E-state index >= 15 is 0 Å². The van der Waals surface area contributed by atoms with Crippen molar-refractivity contribution in [2.24, 2.45) is 5.41 Å². The van der Waals surface area contributed by atoms with Crippen molar-refractivity contribution < 1.29 is 33.4 Å². The molecule has 0 rings (SSSR count). The Morgan fingerprint density at radius 2 is 1.59 bits per heavy atom. The lowest BCUT2D eigenvalue weighted by atomic mass is 9.92. The molecule has 124 valence electrons. The molecule has 0 amide bonds. The van der Waals surface area contributed by atoms with Crippen LogP contribution in [0.25, 0.3) is 0 Å². The molecule has 0 fully saturated rings. The molecule has 0 aliphatic heterocycles. The molecule has 1 unspecified atom stereocenters. The summed E-state index contributed by atoms with van der Waals surface area (Å²) in [6.07, 6.45) is 0.513. The van der Waals surface area contributed by atoms with Crippen molar-refractivity contribution in [3.05, 3.63) is 12.2 Å². The first-order chi connectivity index (χ1) is 10.0. The highest BCUT2D eigenvalue weighted by Gasteiger charge is 2.24. The summed E-state index contributed by atoms with van der Waals surface area (Å²) >= 11 is 0. The van der Waals surface area contributed by atoms with Gasteiger partial charge in [-0.15, -0.1) is 0 Å². The van der Waals surface area contributed by atoms with E-state index in [-0.39, 0.29) is 18.4 Å². The Morgan fingerprint density at radius 1 is 1.05 bits per heavy atom. The molecular formula is C15H22O7. The molecule has 0 aliphatic rings. The van der Waals surface area contributed by atoms with Gasteiger partial charge in [0.2, 0.25) is 0 Å². The van der Waals surface area contributed by atoms with E-state index in [4.69, 9.17) is 4.74 Å². The number of rotatable bonds is 6. The van der Waals surface area contributed by atoms with Crippen LogP contribution in [0.3, 0.4) is 0 Å². The minimum Gasteiger partial charge on any atom is -0.463 e. The average molecular weight is 314 g/mol. The van der Waals surface area contributed by atoms with Gasteiger partial charge in [-0.05, 0) is 19.3 Å². The zero-order valence-corrected chi connectivity index (χ0v) is 13.5. The zero-order valence-electron chi connectivity index (χ0n) is 13.5. The molecule has 1 atom stereocenters. The Kier molecular flexibility index (Phi) is 8.08. The fourth-order valence-electron chi connectivity index (χ4n) is 1.25. The van der Waals surface area contributed by atoms with Crippen LogP contribution < -0.4 is 0 Å². The van der Waals surface area contributed by atoms with E-state index in [1.54, 1.807) is 6.92 Å². The van der Waals surface area contributed by atoms with Crippen LogP contribution in [0.1, 0.15) is 41.0 Å². The van der Waals surface area contributed by atoms with Crippen LogP contribution in [-0.4, -0.2) is 36.6 Å². The molecule has 0 saturated heterocycles. The summed E-state index contributed by atoms with van der Waals surface area (Å²) in [5, 5.41) is 0. The third kappa shape index (κ3) is 9.68. The highest BCUT2D eigenvalue weighted by molar-refractivity contribution is 5.93. The molecule has 0 aliphatic carbocycles. The Bertz CT molecular complexity index is 457. The number of hydrogen-bond acceptors (Lipinski definition) is 7. The van der Waals surface area contributed by atoms with E-state index in [1.165, 1.54) is 6.92 Å². The van der Waals surface area contributed by atoms with Gasteiger partial charge in [0.25, 0.3) is 0 Å². The zero-order chi connectivity index (χ0) is 17.3. The van der Waals surface area contributed by atoms with Crippen LogP contribution in [0, 0.1) is 5.41 Å². The molecule has 0 radical (unpaired) electrons. The minimum absolute atomic E-state index is 0.0577. The number of ether oxygens (including phenoxy) is 3. The standard InChI is InChI=1S/C15H22O7/c1-6-20-11(16)7-8-12(17)21-10(2)14(19)22-13(18)9-15(3,4)5/h7-8,10H,6,9H2,1-5H3/b8-7+. The summed E-state index contributed by atoms with van der Waals surface area (Å²) in [6.45, 7) is 8.53. The first kappa shape index (κ1) is 19.8. The van der Waals surface area contributed by atoms with Crippen LogP contribution in [-0.2, 0) is 33.4 Å². The summed E-state index contributed by atoms with van der Waals surface area (Å²) in [4.78, 5) is 45.4. The van der Waals surface area contributed by atoms with E-state index in [9.17, 15) is 19.2 Å². The largest absolute Gasteiger partial charge is 0.463 e. The molecule has 0 bridgehead atoms. The van der Waals surface area contributed by atoms with Crippen molar-refractivity contribution in [3.63, 3.8) is 0 Å². The molecule has 0 aromatic heterocycles. The van der Waals surface area contributed by atoms with Gasteiger partial charge in [0.15, 0.2) is 6.10 Å². The van der Waals surface area contributed by atoms with E-state index in [0.717, 1.165) is 12.2 Å². The smallest absolute Gasteiger partial charge is 0.354 e. The summed E-state index contributed by atoms with van der Waals surface area (Å²) < 4.78 is 13.9. The molecule has 22 heavy (non-hydrogen) atoms. The predicted molar refractivity (Wildman–Crippen MR) is 76.5 cm³/mol. The van der Waals surface area contributed by atoms with Crippen molar-refractivity contribution in [1.82, 2.24) is 0 Å². The summed E-state index contributed by atoms with van der Waals surface area (Å²) in [5.41, 5.74) is -0.320. The van der Waals surface area contributed by atoms with Crippen LogP contribution in [0.4, 0.5) is 0 Å². The first-order valence-corrected chi connectivity index (χ1v) is 6.85. The number of hydrogen-bond donors (Lipinski definition) is 0. The third-order valence-electron chi connectivity index (χ3n) is 2.16. The first-order valence-electron chi connectivity index (χ1n) is 6.85. The van der Waals surface area contributed by atoms with Gasteiger partial charge >= 0.3 is 23.9 Å². The van der Waals surface area contributed by atoms with Gasteiger partial charge in [-0.25, -0.2) is 14.4 Å². The molecule has 0 aromatic rings. The predicted octanol–water partition coefficient (Wildman–Crippen LogP) is 1.54.